The Kier molecular flexibility index (Phi) is 11.8. The van der Waals surface area contributed by atoms with Crippen molar-refractivity contribution in [3.05, 3.63) is 24.4 Å². The molecule has 1 fully saturated rings. The minimum atomic E-state index is 0. The van der Waals surface area contributed by atoms with Crippen molar-refractivity contribution >= 4 is 36.5 Å². The van der Waals surface area contributed by atoms with Crippen LogP contribution >= 0.6 is 24.8 Å². The maximum absolute atomic E-state index is 11.8. The number of hydrogen-bond acceptors (Lipinski definition) is 5. The largest absolute Gasteiger partial charge is 0.355 e. The van der Waals surface area contributed by atoms with Gasteiger partial charge in [0.05, 0.1) is 0 Å². The van der Waals surface area contributed by atoms with Gasteiger partial charge in [-0.05, 0) is 26.1 Å². The van der Waals surface area contributed by atoms with Gasteiger partial charge in [-0.15, -0.1) is 24.8 Å². The quantitative estimate of drug-likeness (QED) is 0.746. The number of pyridine rings is 1. The molecule has 0 saturated carbocycles. The number of aromatic nitrogens is 1. The van der Waals surface area contributed by atoms with E-state index in [1.54, 1.807) is 0 Å². The van der Waals surface area contributed by atoms with Gasteiger partial charge in [0.2, 0.25) is 5.91 Å². The van der Waals surface area contributed by atoms with E-state index in [2.05, 4.69) is 32.3 Å². The highest BCUT2D eigenvalue weighted by atomic mass is 35.5. The SMILES string of the molecule is CNC(C)CNC(=O)CCN1CCN(c2ccccn2)CC1.Cl.Cl. The molecule has 0 bridgehead atoms. The molecular weight excluding hydrogens is 349 g/mol. The Balaban J connectivity index is 0.00000264. The number of amides is 1. The molecule has 1 aliphatic rings. The van der Waals surface area contributed by atoms with Crippen molar-refractivity contribution in [1.29, 1.82) is 0 Å². The second kappa shape index (κ2) is 12.3. The van der Waals surface area contributed by atoms with Crippen LogP contribution in [-0.2, 0) is 4.79 Å². The van der Waals surface area contributed by atoms with Gasteiger partial charge in [0.25, 0.3) is 0 Å². The average molecular weight is 378 g/mol. The van der Waals surface area contributed by atoms with Gasteiger partial charge in [0, 0.05) is 57.9 Å². The number of carbonyl (C=O) groups excluding carboxylic acids is 1. The number of rotatable bonds is 7. The van der Waals surface area contributed by atoms with E-state index in [4.69, 9.17) is 0 Å². The van der Waals surface area contributed by atoms with Crippen molar-refractivity contribution in [2.45, 2.75) is 19.4 Å². The van der Waals surface area contributed by atoms with Gasteiger partial charge in [-0.3, -0.25) is 9.69 Å². The second-order valence-electron chi connectivity index (χ2n) is 5.76. The van der Waals surface area contributed by atoms with Crippen molar-refractivity contribution in [3.63, 3.8) is 0 Å². The van der Waals surface area contributed by atoms with Crippen LogP contribution in [0.4, 0.5) is 5.82 Å². The third-order valence-corrected chi connectivity index (χ3v) is 4.10. The van der Waals surface area contributed by atoms with Gasteiger partial charge in [0.1, 0.15) is 5.82 Å². The third-order valence-electron chi connectivity index (χ3n) is 4.10. The second-order valence-corrected chi connectivity index (χ2v) is 5.76. The molecule has 138 valence electrons. The molecule has 8 heteroatoms. The first kappa shape index (κ1) is 22.9. The molecule has 0 radical (unpaired) electrons. The highest BCUT2D eigenvalue weighted by Gasteiger charge is 2.18. The zero-order valence-corrected chi connectivity index (χ0v) is 16.0. The number of hydrogen-bond donors (Lipinski definition) is 2. The summed E-state index contributed by atoms with van der Waals surface area (Å²) in [6.07, 6.45) is 2.40. The van der Waals surface area contributed by atoms with Crippen LogP contribution in [-0.4, -0.2) is 68.1 Å². The summed E-state index contributed by atoms with van der Waals surface area (Å²) in [5.41, 5.74) is 0. The molecule has 1 amide bonds. The topological polar surface area (TPSA) is 60.5 Å². The minimum Gasteiger partial charge on any atom is -0.355 e. The molecule has 1 aromatic heterocycles. The molecule has 2 heterocycles. The zero-order chi connectivity index (χ0) is 15.8. The summed E-state index contributed by atoms with van der Waals surface area (Å²) in [4.78, 5) is 20.8. The molecule has 1 atom stereocenters. The molecule has 24 heavy (non-hydrogen) atoms. The number of carbonyl (C=O) groups is 1. The molecule has 0 spiro atoms. The summed E-state index contributed by atoms with van der Waals surface area (Å²) in [6.45, 7) is 7.47. The monoisotopic (exact) mass is 377 g/mol. The van der Waals surface area contributed by atoms with Gasteiger partial charge in [-0.2, -0.15) is 0 Å². The summed E-state index contributed by atoms with van der Waals surface area (Å²) in [5.74, 6) is 1.18. The van der Waals surface area contributed by atoms with Crippen molar-refractivity contribution in [3.8, 4) is 0 Å². The molecule has 1 aromatic rings. The molecule has 1 saturated heterocycles. The lowest BCUT2D eigenvalue weighted by Gasteiger charge is -2.35. The fraction of sp³-hybridized carbons (Fsp3) is 0.625. The Morgan fingerprint density at radius 3 is 2.54 bits per heavy atom. The Labute approximate surface area is 157 Å². The summed E-state index contributed by atoms with van der Waals surface area (Å²) in [7, 11) is 1.90. The highest BCUT2D eigenvalue weighted by molar-refractivity contribution is 5.85. The van der Waals surface area contributed by atoms with E-state index >= 15 is 0 Å². The van der Waals surface area contributed by atoms with Crippen LogP contribution in [0.1, 0.15) is 13.3 Å². The number of nitrogens with one attached hydrogen (secondary N) is 2. The van der Waals surface area contributed by atoms with Crippen LogP contribution in [0.2, 0.25) is 0 Å². The van der Waals surface area contributed by atoms with E-state index in [9.17, 15) is 4.79 Å². The Morgan fingerprint density at radius 1 is 1.25 bits per heavy atom. The average Bonchev–Trinajstić information content (AvgIpc) is 2.59. The van der Waals surface area contributed by atoms with Crippen LogP contribution in [0.3, 0.4) is 0 Å². The summed E-state index contributed by atoms with van der Waals surface area (Å²) in [5, 5.41) is 6.07. The van der Waals surface area contributed by atoms with Crippen molar-refractivity contribution in [1.82, 2.24) is 20.5 Å². The van der Waals surface area contributed by atoms with Crippen LogP contribution in [0.5, 0.6) is 0 Å². The van der Waals surface area contributed by atoms with Gasteiger partial charge in [-0.25, -0.2) is 4.98 Å². The number of nitrogens with zero attached hydrogens (tertiary/aromatic N) is 3. The molecule has 6 nitrogen and oxygen atoms in total. The molecule has 0 aromatic carbocycles. The van der Waals surface area contributed by atoms with Crippen LogP contribution in [0.15, 0.2) is 24.4 Å². The number of anilines is 1. The zero-order valence-electron chi connectivity index (χ0n) is 14.4. The van der Waals surface area contributed by atoms with Crippen molar-refractivity contribution in [2.24, 2.45) is 0 Å². The highest BCUT2D eigenvalue weighted by Crippen LogP contribution is 2.12. The van der Waals surface area contributed by atoms with Gasteiger partial charge in [0.15, 0.2) is 0 Å². The van der Waals surface area contributed by atoms with Gasteiger partial charge in [-0.1, -0.05) is 6.07 Å². The maximum Gasteiger partial charge on any atom is 0.221 e. The van der Waals surface area contributed by atoms with Gasteiger partial charge < -0.3 is 15.5 Å². The summed E-state index contributed by atoms with van der Waals surface area (Å²) < 4.78 is 0. The van der Waals surface area contributed by atoms with E-state index in [1.165, 1.54) is 0 Å². The summed E-state index contributed by atoms with van der Waals surface area (Å²) in [6, 6.07) is 6.32. The molecule has 2 N–H and O–H groups in total. The normalized spacial score (nSPS) is 15.8. The van der Waals surface area contributed by atoms with E-state index in [-0.39, 0.29) is 30.7 Å². The van der Waals surface area contributed by atoms with E-state index in [1.807, 2.05) is 31.4 Å². The fourth-order valence-electron chi connectivity index (χ4n) is 2.46. The maximum atomic E-state index is 11.8. The number of piperazine rings is 1. The number of halogens is 2. The molecular formula is C16H29Cl2N5O. The van der Waals surface area contributed by atoms with Gasteiger partial charge >= 0.3 is 0 Å². The predicted octanol–water partition coefficient (Wildman–Crippen LogP) is 1.16. The minimum absolute atomic E-state index is 0. The van der Waals surface area contributed by atoms with Crippen molar-refractivity contribution < 1.29 is 4.79 Å². The number of likely N-dealkylation sites (N-methyl/N-ethyl adjacent to an activating group) is 1. The lowest BCUT2D eigenvalue weighted by atomic mass is 10.2. The molecule has 1 unspecified atom stereocenters. The van der Waals surface area contributed by atoms with E-state index in [0.29, 0.717) is 19.0 Å². The fourth-order valence-corrected chi connectivity index (χ4v) is 2.46. The lowest BCUT2D eigenvalue weighted by molar-refractivity contribution is -0.121. The van der Waals surface area contributed by atoms with Crippen LogP contribution < -0.4 is 15.5 Å². The summed E-state index contributed by atoms with van der Waals surface area (Å²) >= 11 is 0. The Morgan fingerprint density at radius 2 is 1.96 bits per heavy atom. The first-order chi connectivity index (χ1) is 10.7. The van der Waals surface area contributed by atoms with E-state index in [0.717, 1.165) is 38.5 Å². The smallest absolute Gasteiger partial charge is 0.221 e. The van der Waals surface area contributed by atoms with Crippen LogP contribution in [0, 0.1) is 0 Å². The van der Waals surface area contributed by atoms with E-state index < -0.39 is 0 Å². The lowest BCUT2D eigenvalue weighted by Crippen LogP contribution is -2.47. The van der Waals surface area contributed by atoms with Crippen molar-refractivity contribution in [2.75, 3.05) is 51.2 Å². The Bertz CT molecular complexity index is 455. The molecule has 1 aliphatic heterocycles. The van der Waals surface area contributed by atoms with Crippen LogP contribution in [0.25, 0.3) is 0 Å². The predicted molar refractivity (Wildman–Crippen MR) is 104 cm³/mol. The standard InChI is InChI=1S/C16H27N5O.2ClH/c1-14(17-2)13-19-16(22)6-8-20-9-11-21(12-10-20)15-5-3-4-7-18-15;;/h3-5,7,14,17H,6,8-13H2,1-2H3,(H,19,22);2*1H. The third kappa shape index (κ3) is 7.66. The first-order valence-corrected chi connectivity index (χ1v) is 8.01. The first-order valence-electron chi connectivity index (χ1n) is 8.01. The Hall–Kier alpha value is -1.08. The molecule has 2 rings (SSSR count). The molecule has 0 aliphatic carbocycles.